The van der Waals surface area contributed by atoms with Gasteiger partial charge in [0.2, 0.25) is 0 Å². The molecule has 0 heterocycles. The fourth-order valence-electron chi connectivity index (χ4n) is 2.56. The first-order chi connectivity index (χ1) is 11.3. The predicted octanol–water partition coefficient (Wildman–Crippen LogP) is 2.89. The lowest BCUT2D eigenvalue weighted by Gasteiger charge is -2.29. The molecule has 0 bridgehead atoms. The molecule has 0 aliphatic rings. The summed E-state index contributed by atoms with van der Waals surface area (Å²) in [6.07, 6.45) is 0. The largest absolute Gasteiger partial charge is 0.383 e. The maximum Gasteiger partial charge on any atom is 0.191 e. The molecule has 2 N–H and O–H groups in total. The molecule has 0 saturated heterocycles. The summed E-state index contributed by atoms with van der Waals surface area (Å²) in [5, 5.41) is 6.59. The van der Waals surface area contributed by atoms with Crippen molar-refractivity contribution in [1.29, 1.82) is 0 Å². The Morgan fingerprint density at radius 2 is 1.79 bits per heavy atom. The van der Waals surface area contributed by atoms with Gasteiger partial charge in [-0.2, -0.15) is 0 Å². The van der Waals surface area contributed by atoms with E-state index in [0.717, 1.165) is 38.7 Å². The second-order valence-corrected chi connectivity index (χ2v) is 5.29. The van der Waals surface area contributed by atoms with Gasteiger partial charge in [-0.3, -0.25) is 9.89 Å². The fourth-order valence-corrected chi connectivity index (χ4v) is 2.56. The predicted molar refractivity (Wildman–Crippen MR) is 113 cm³/mol. The van der Waals surface area contributed by atoms with Crippen molar-refractivity contribution in [1.82, 2.24) is 15.5 Å². The number of hydrogen-bond donors (Lipinski definition) is 2. The number of halogens is 1. The molecule has 1 aromatic rings. The SMILES string of the molecule is CCNC(=NCC(c1ccccc1)N(CC)CC)NCCOC.I. The normalized spacial score (nSPS) is 12.6. The van der Waals surface area contributed by atoms with E-state index in [1.54, 1.807) is 7.11 Å². The minimum absolute atomic E-state index is 0. The van der Waals surface area contributed by atoms with Gasteiger partial charge in [-0.1, -0.05) is 44.2 Å². The number of rotatable bonds is 10. The Labute approximate surface area is 164 Å². The average molecular weight is 448 g/mol. The van der Waals surface area contributed by atoms with E-state index in [-0.39, 0.29) is 24.0 Å². The van der Waals surface area contributed by atoms with Crippen LogP contribution in [0.2, 0.25) is 0 Å². The molecule has 0 fully saturated rings. The number of hydrogen-bond acceptors (Lipinski definition) is 3. The highest BCUT2D eigenvalue weighted by atomic mass is 127. The smallest absolute Gasteiger partial charge is 0.191 e. The van der Waals surface area contributed by atoms with Gasteiger partial charge in [0, 0.05) is 20.2 Å². The standard InChI is InChI=1S/C18H32N4O.HI/c1-5-19-18(20-13-14-23-4)21-15-17(22(6-2)7-3)16-11-9-8-10-12-16;/h8-12,17H,5-7,13-15H2,1-4H3,(H2,19,20,21);1H. The molecule has 0 saturated carbocycles. The molecule has 0 spiro atoms. The molecule has 0 radical (unpaired) electrons. The van der Waals surface area contributed by atoms with Crippen LogP contribution in [0.15, 0.2) is 35.3 Å². The maximum atomic E-state index is 5.08. The molecule has 1 rings (SSSR count). The van der Waals surface area contributed by atoms with Crippen LogP contribution in [0.5, 0.6) is 0 Å². The van der Waals surface area contributed by atoms with E-state index in [2.05, 4.69) is 66.6 Å². The Morgan fingerprint density at radius 3 is 2.33 bits per heavy atom. The summed E-state index contributed by atoms with van der Waals surface area (Å²) in [5.41, 5.74) is 1.31. The minimum atomic E-state index is 0. The van der Waals surface area contributed by atoms with E-state index in [9.17, 15) is 0 Å². The topological polar surface area (TPSA) is 48.9 Å². The Kier molecular flexibility index (Phi) is 14.0. The highest BCUT2D eigenvalue weighted by Crippen LogP contribution is 2.20. The molecular formula is C18H33IN4O. The minimum Gasteiger partial charge on any atom is -0.383 e. The lowest BCUT2D eigenvalue weighted by Crippen LogP contribution is -2.40. The molecule has 0 amide bonds. The summed E-state index contributed by atoms with van der Waals surface area (Å²) in [5.74, 6) is 0.845. The van der Waals surface area contributed by atoms with E-state index < -0.39 is 0 Å². The molecule has 0 aliphatic carbocycles. The van der Waals surface area contributed by atoms with E-state index in [0.29, 0.717) is 12.6 Å². The average Bonchev–Trinajstić information content (AvgIpc) is 2.59. The van der Waals surface area contributed by atoms with E-state index in [4.69, 9.17) is 9.73 Å². The number of guanidine groups is 1. The Bertz CT molecular complexity index is 438. The molecular weight excluding hydrogens is 415 g/mol. The van der Waals surface area contributed by atoms with Crippen molar-refractivity contribution in [2.45, 2.75) is 26.8 Å². The van der Waals surface area contributed by atoms with Gasteiger partial charge < -0.3 is 15.4 Å². The van der Waals surface area contributed by atoms with Gasteiger partial charge in [-0.15, -0.1) is 24.0 Å². The molecule has 1 atom stereocenters. The number of nitrogens with one attached hydrogen (secondary N) is 2. The van der Waals surface area contributed by atoms with Crippen LogP contribution >= 0.6 is 24.0 Å². The second-order valence-electron chi connectivity index (χ2n) is 5.29. The summed E-state index contributed by atoms with van der Waals surface area (Å²) in [4.78, 5) is 7.22. The lowest BCUT2D eigenvalue weighted by molar-refractivity contribution is 0.203. The third-order valence-electron chi connectivity index (χ3n) is 3.80. The Balaban J connectivity index is 0.00000529. The molecule has 0 aliphatic heterocycles. The third kappa shape index (κ3) is 8.30. The summed E-state index contributed by atoms with van der Waals surface area (Å²) in [6.45, 7) is 11.5. The van der Waals surface area contributed by atoms with Crippen LogP contribution < -0.4 is 10.6 Å². The molecule has 0 aromatic heterocycles. The van der Waals surface area contributed by atoms with Gasteiger partial charge in [-0.25, -0.2) is 0 Å². The summed E-state index contributed by atoms with van der Waals surface area (Å²) >= 11 is 0. The van der Waals surface area contributed by atoms with Crippen molar-refractivity contribution in [2.75, 3.05) is 46.4 Å². The zero-order valence-electron chi connectivity index (χ0n) is 15.4. The number of ether oxygens (including phenoxy) is 1. The van der Waals surface area contributed by atoms with Crippen molar-refractivity contribution in [3.8, 4) is 0 Å². The lowest BCUT2D eigenvalue weighted by atomic mass is 10.1. The Hall–Kier alpha value is -0.860. The highest BCUT2D eigenvalue weighted by molar-refractivity contribution is 14.0. The highest BCUT2D eigenvalue weighted by Gasteiger charge is 2.17. The quantitative estimate of drug-likeness (QED) is 0.250. The first-order valence-electron chi connectivity index (χ1n) is 8.56. The second kappa shape index (κ2) is 14.5. The number of methoxy groups -OCH3 is 1. The van der Waals surface area contributed by atoms with Gasteiger partial charge >= 0.3 is 0 Å². The first kappa shape index (κ1) is 23.1. The van der Waals surface area contributed by atoms with Gasteiger partial charge in [0.15, 0.2) is 5.96 Å². The van der Waals surface area contributed by atoms with Crippen molar-refractivity contribution < 1.29 is 4.74 Å². The third-order valence-corrected chi connectivity index (χ3v) is 3.80. The van der Waals surface area contributed by atoms with E-state index in [1.807, 2.05) is 0 Å². The van der Waals surface area contributed by atoms with Gasteiger partial charge in [0.1, 0.15) is 0 Å². The monoisotopic (exact) mass is 448 g/mol. The van der Waals surface area contributed by atoms with Gasteiger partial charge in [0.25, 0.3) is 0 Å². The fraction of sp³-hybridized carbons (Fsp3) is 0.611. The van der Waals surface area contributed by atoms with Crippen LogP contribution in [0.4, 0.5) is 0 Å². The molecule has 1 unspecified atom stereocenters. The van der Waals surface area contributed by atoms with Crippen LogP contribution in [0.25, 0.3) is 0 Å². The van der Waals surface area contributed by atoms with Gasteiger partial charge in [-0.05, 0) is 25.6 Å². The zero-order chi connectivity index (χ0) is 16.9. The Morgan fingerprint density at radius 1 is 1.12 bits per heavy atom. The molecule has 6 heteroatoms. The van der Waals surface area contributed by atoms with E-state index in [1.165, 1.54) is 5.56 Å². The van der Waals surface area contributed by atoms with Crippen LogP contribution in [-0.4, -0.2) is 57.3 Å². The molecule has 138 valence electrons. The number of benzene rings is 1. The van der Waals surface area contributed by atoms with Crippen LogP contribution in [0.1, 0.15) is 32.4 Å². The summed E-state index contributed by atoms with van der Waals surface area (Å²) in [6, 6.07) is 10.9. The molecule has 1 aromatic carbocycles. The molecule has 5 nitrogen and oxygen atoms in total. The number of aliphatic imine (C=N–C) groups is 1. The molecule has 24 heavy (non-hydrogen) atoms. The summed E-state index contributed by atoms with van der Waals surface area (Å²) < 4.78 is 5.08. The first-order valence-corrected chi connectivity index (χ1v) is 8.56. The van der Waals surface area contributed by atoms with Crippen LogP contribution in [0, 0.1) is 0 Å². The number of likely N-dealkylation sites (N-methyl/N-ethyl adjacent to an activating group) is 1. The zero-order valence-corrected chi connectivity index (χ0v) is 17.7. The van der Waals surface area contributed by atoms with Crippen LogP contribution in [0.3, 0.4) is 0 Å². The number of nitrogens with zero attached hydrogens (tertiary/aromatic N) is 2. The van der Waals surface area contributed by atoms with Crippen molar-refractivity contribution in [3.63, 3.8) is 0 Å². The van der Waals surface area contributed by atoms with Crippen LogP contribution in [-0.2, 0) is 4.74 Å². The van der Waals surface area contributed by atoms with Gasteiger partial charge in [0.05, 0.1) is 19.2 Å². The van der Waals surface area contributed by atoms with Crippen molar-refractivity contribution in [2.24, 2.45) is 4.99 Å². The summed E-state index contributed by atoms with van der Waals surface area (Å²) in [7, 11) is 1.71. The van der Waals surface area contributed by atoms with Crippen molar-refractivity contribution in [3.05, 3.63) is 35.9 Å². The van der Waals surface area contributed by atoms with Crippen molar-refractivity contribution >= 4 is 29.9 Å². The van der Waals surface area contributed by atoms with E-state index >= 15 is 0 Å². The maximum absolute atomic E-state index is 5.08.